The first-order chi connectivity index (χ1) is 14.3. The van der Waals surface area contributed by atoms with Crippen LogP contribution in [0.2, 0.25) is 0 Å². The lowest BCUT2D eigenvalue weighted by atomic mass is 9.98. The van der Waals surface area contributed by atoms with Crippen molar-refractivity contribution in [2.45, 2.75) is 44.7 Å². The average molecular weight is 417 g/mol. The molecule has 1 heterocycles. The van der Waals surface area contributed by atoms with Crippen LogP contribution < -0.4 is 10.1 Å². The molecule has 1 saturated carbocycles. The Morgan fingerprint density at radius 3 is 2.47 bits per heavy atom. The standard InChI is InChI=1S/C21H27N3O6/c1-3-29-16-8-6-15(7-9-16)12-23(2)17(25)14-30-18(26)13-24-19(27)21(22-20(24)28)10-4-5-11-21/h6-9H,3-5,10-14H2,1-2H3,(H,22,28). The predicted molar refractivity (Wildman–Crippen MR) is 106 cm³/mol. The number of ether oxygens (including phenoxy) is 2. The third kappa shape index (κ3) is 4.72. The van der Waals surface area contributed by atoms with Gasteiger partial charge in [-0.15, -0.1) is 0 Å². The predicted octanol–water partition coefficient (Wildman–Crippen LogP) is 1.45. The van der Waals surface area contributed by atoms with Crippen molar-refractivity contribution in [1.29, 1.82) is 0 Å². The van der Waals surface area contributed by atoms with Gasteiger partial charge in [-0.25, -0.2) is 4.79 Å². The maximum absolute atomic E-state index is 12.5. The van der Waals surface area contributed by atoms with Gasteiger partial charge in [0.15, 0.2) is 6.61 Å². The first-order valence-electron chi connectivity index (χ1n) is 10.1. The van der Waals surface area contributed by atoms with E-state index in [0.29, 0.717) is 26.0 Å². The minimum absolute atomic E-state index is 0.346. The van der Waals surface area contributed by atoms with E-state index in [1.807, 2.05) is 31.2 Å². The number of likely N-dealkylation sites (N-methyl/N-ethyl adjacent to an activating group) is 1. The zero-order valence-electron chi connectivity index (χ0n) is 17.3. The number of nitrogens with one attached hydrogen (secondary N) is 1. The smallest absolute Gasteiger partial charge is 0.326 e. The lowest BCUT2D eigenvalue weighted by Gasteiger charge is -2.20. The molecule has 1 aromatic rings. The topological polar surface area (TPSA) is 105 Å². The molecule has 1 aliphatic carbocycles. The number of hydrogen-bond acceptors (Lipinski definition) is 6. The molecule has 0 aromatic heterocycles. The summed E-state index contributed by atoms with van der Waals surface area (Å²) in [6.07, 6.45) is 2.88. The van der Waals surface area contributed by atoms with Gasteiger partial charge < -0.3 is 19.7 Å². The van der Waals surface area contributed by atoms with E-state index >= 15 is 0 Å². The third-order valence-corrected chi connectivity index (χ3v) is 5.43. The second-order valence-electron chi connectivity index (χ2n) is 7.60. The number of nitrogens with zero attached hydrogens (tertiary/aromatic N) is 2. The van der Waals surface area contributed by atoms with Gasteiger partial charge in [0.05, 0.1) is 6.61 Å². The Morgan fingerprint density at radius 2 is 1.83 bits per heavy atom. The van der Waals surface area contributed by atoms with E-state index in [4.69, 9.17) is 9.47 Å². The van der Waals surface area contributed by atoms with E-state index in [1.54, 1.807) is 7.05 Å². The van der Waals surface area contributed by atoms with Crippen LogP contribution in [0.1, 0.15) is 38.2 Å². The second-order valence-corrected chi connectivity index (χ2v) is 7.60. The largest absolute Gasteiger partial charge is 0.494 e. The third-order valence-electron chi connectivity index (χ3n) is 5.43. The van der Waals surface area contributed by atoms with Crippen molar-refractivity contribution in [2.24, 2.45) is 0 Å². The Bertz CT molecular complexity index is 817. The molecule has 3 rings (SSSR count). The van der Waals surface area contributed by atoms with E-state index in [1.165, 1.54) is 4.90 Å². The van der Waals surface area contributed by atoms with Gasteiger partial charge in [-0.1, -0.05) is 25.0 Å². The summed E-state index contributed by atoms with van der Waals surface area (Å²) in [6, 6.07) is 6.78. The molecule has 9 heteroatoms. The van der Waals surface area contributed by atoms with Crippen molar-refractivity contribution in [3.63, 3.8) is 0 Å². The highest BCUT2D eigenvalue weighted by atomic mass is 16.5. The number of esters is 1. The minimum Gasteiger partial charge on any atom is -0.494 e. The molecule has 9 nitrogen and oxygen atoms in total. The zero-order valence-corrected chi connectivity index (χ0v) is 17.3. The normalized spacial score (nSPS) is 17.2. The number of carbonyl (C=O) groups excluding carboxylic acids is 4. The maximum Gasteiger partial charge on any atom is 0.326 e. The van der Waals surface area contributed by atoms with Crippen LogP contribution in [-0.2, 0) is 25.7 Å². The van der Waals surface area contributed by atoms with E-state index in [-0.39, 0.29) is 11.8 Å². The highest BCUT2D eigenvalue weighted by Crippen LogP contribution is 2.34. The van der Waals surface area contributed by atoms with Gasteiger partial charge in [-0.2, -0.15) is 0 Å². The van der Waals surface area contributed by atoms with Crippen LogP contribution in [0.3, 0.4) is 0 Å². The number of carbonyl (C=O) groups is 4. The van der Waals surface area contributed by atoms with Gasteiger partial charge >= 0.3 is 12.0 Å². The van der Waals surface area contributed by atoms with Crippen molar-refractivity contribution in [2.75, 3.05) is 26.8 Å². The first-order valence-corrected chi connectivity index (χ1v) is 10.1. The van der Waals surface area contributed by atoms with Crippen LogP contribution in [-0.4, -0.2) is 66.0 Å². The maximum atomic E-state index is 12.5. The van der Waals surface area contributed by atoms with Gasteiger partial charge in [0.25, 0.3) is 11.8 Å². The fraction of sp³-hybridized carbons (Fsp3) is 0.524. The van der Waals surface area contributed by atoms with Gasteiger partial charge in [-0.3, -0.25) is 19.3 Å². The fourth-order valence-corrected chi connectivity index (χ4v) is 3.78. The molecule has 0 atom stereocenters. The van der Waals surface area contributed by atoms with Crippen molar-refractivity contribution in [3.05, 3.63) is 29.8 Å². The summed E-state index contributed by atoms with van der Waals surface area (Å²) in [4.78, 5) is 51.3. The van der Waals surface area contributed by atoms with E-state index < -0.39 is 30.7 Å². The van der Waals surface area contributed by atoms with Crippen molar-refractivity contribution < 1.29 is 28.7 Å². The first kappa shape index (κ1) is 21.6. The number of imide groups is 1. The molecule has 1 spiro atoms. The summed E-state index contributed by atoms with van der Waals surface area (Å²) >= 11 is 0. The van der Waals surface area contributed by atoms with E-state index in [0.717, 1.165) is 29.1 Å². The molecule has 1 aliphatic heterocycles. The Kier molecular flexibility index (Phi) is 6.59. The molecule has 2 aliphatic rings. The van der Waals surface area contributed by atoms with Gasteiger partial charge in [0.1, 0.15) is 17.8 Å². The lowest BCUT2D eigenvalue weighted by molar-refractivity contribution is -0.153. The molecular weight excluding hydrogens is 390 g/mol. The van der Waals surface area contributed by atoms with Crippen LogP contribution in [0.5, 0.6) is 5.75 Å². The monoisotopic (exact) mass is 417 g/mol. The molecule has 1 aromatic carbocycles. The van der Waals surface area contributed by atoms with Crippen LogP contribution in [0.25, 0.3) is 0 Å². The number of benzene rings is 1. The molecule has 1 saturated heterocycles. The summed E-state index contributed by atoms with van der Waals surface area (Å²) in [6.45, 7) is 1.87. The number of urea groups is 1. The molecule has 2 fully saturated rings. The van der Waals surface area contributed by atoms with Crippen LogP contribution in [0, 0.1) is 0 Å². The Labute approximate surface area is 175 Å². The molecule has 0 bridgehead atoms. The second kappa shape index (κ2) is 9.15. The van der Waals surface area contributed by atoms with Gasteiger partial charge in [0.2, 0.25) is 0 Å². The zero-order chi connectivity index (χ0) is 21.7. The molecule has 4 amide bonds. The fourth-order valence-electron chi connectivity index (χ4n) is 3.78. The van der Waals surface area contributed by atoms with Crippen LogP contribution in [0.15, 0.2) is 24.3 Å². The molecule has 30 heavy (non-hydrogen) atoms. The lowest BCUT2D eigenvalue weighted by Crippen LogP contribution is -2.44. The summed E-state index contributed by atoms with van der Waals surface area (Å²) in [5, 5.41) is 2.70. The van der Waals surface area contributed by atoms with Gasteiger partial charge in [0, 0.05) is 13.6 Å². The highest BCUT2D eigenvalue weighted by Gasteiger charge is 2.52. The average Bonchev–Trinajstić information content (AvgIpc) is 3.28. The molecule has 0 radical (unpaired) electrons. The van der Waals surface area contributed by atoms with Crippen molar-refractivity contribution in [3.8, 4) is 5.75 Å². The Balaban J connectivity index is 1.45. The summed E-state index contributed by atoms with van der Waals surface area (Å²) < 4.78 is 10.4. The van der Waals surface area contributed by atoms with Crippen molar-refractivity contribution >= 4 is 23.8 Å². The minimum atomic E-state index is -0.870. The summed E-state index contributed by atoms with van der Waals surface area (Å²) in [5.41, 5.74) is 0.0345. The summed E-state index contributed by atoms with van der Waals surface area (Å²) in [7, 11) is 1.61. The number of hydrogen-bond donors (Lipinski definition) is 1. The van der Waals surface area contributed by atoms with Crippen molar-refractivity contribution in [1.82, 2.24) is 15.1 Å². The molecule has 1 N–H and O–H groups in total. The Morgan fingerprint density at radius 1 is 1.17 bits per heavy atom. The number of rotatable bonds is 8. The summed E-state index contributed by atoms with van der Waals surface area (Å²) in [5.74, 6) is -0.817. The number of amides is 4. The molecule has 162 valence electrons. The SMILES string of the molecule is CCOc1ccc(CN(C)C(=O)COC(=O)CN2C(=O)NC3(CCCC3)C2=O)cc1. The van der Waals surface area contributed by atoms with Crippen LogP contribution >= 0.6 is 0 Å². The Hall–Kier alpha value is -3.10. The van der Waals surface area contributed by atoms with E-state index in [9.17, 15) is 19.2 Å². The highest BCUT2D eigenvalue weighted by molar-refractivity contribution is 6.08. The van der Waals surface area contributed by atoms with Crippen LogP contribution in [0.4, 0.5) is 4.79 Å². The molecule has 0 unspecified atom stereocenters. The van der Waals surface area contributed by atoms with E-state index in [2.05, 4.69) is 5.32 Å². The molecular formula is C21H27N3O6. The van der Waals surface area contributed by atoms with Gasteiger partial charge in [-0.05, 0) is 37.5 Å². The quantitative estimate of drug-likeness (QED) is 0.507.